The number of hydrogen-bond acceptors (Lipinski definition) is 5. The zero-order valence-electron chi connectivity index (χ0n) is 18.7. The Morgan fingerprint density at radius 1 is 1.03 bits per heavy atom. The Morgan fingerprint density at radius 3 is 2.50 bits per heavy atom. The molecule has 0 saturated carbocycles. The van der Waals surface area contributed by atoms with Gasteiger partial charge >= 0.3 is 0 Å². The summed E-state index contributed by atoms with van der Waals surface area (Å²) in [6.07, 6.45) is 5.49. The van der Waals surface area contributed by atoms with Crippen LogP contribution in [0, 0.1) is 19.3 Å². The number of terminal acetylenes is 1. The van der Waals surface area contributed by atoms with E-state index < -0.39 is 10.0 Å². The lowest BCUT2D eigenvalue weighted by Crippen LogP contribution is -2.31. The average molecular weight is 477 g/mol. The van der Waals surface area contributed by atoms with Gasteiger partial charge in [-0.25, -0.2) is 8.42 Å². The second-order valence-corrected chi connectivity index (χ2v) is 9.53. The fourth-order valence-electron chi connectivity index (χ4n) is 3.53. The third-order valence-corrected chi connectivity index (χ3v) is 6.63. The predicted molar refractivity (Wildman–Crippen MR) is 129 cm³/mol. The minimum atomic E-state index is -3.92. The summed E-state index contributed by atoms with van der Waals surface area (Å²) in [5, 5.41) is 0. The van der Waals surface area contributed by atoms with E-state index in [1.165, 1.54) is 18.2 Å². The number of aryl methyl sites for hydroxylation is 1. The number of ether oxygens (including phenoxy) is 2. The predicted octanol–water partition coefficient (Wildman–Crippen LogP) is 3.84. The Morgan fingerprint density at radius 2 is 1.76 bits per heavy atom. The number of carbonyl (C=O) groups is 1. The van der Waals surface area contributed by atoms with Gasteiger partial charge in [0.1, 0.15) is 13.2 Å². The smallest absolute Gasteiger partial charge is 0.262 e. The highest BCUT2D eigenvalue weighted by atomic mass is 32.2. The average Bonchev–Trinajstić information content (AvgIpc) is 2.84. The van der Waals surface area contributed by atoms with Crippen molar-refractivity contribution in [3.63, 3.8) is 0 Å². The van der Waals surface area contributed by atoms with Crippen LogP contribution in [-0.2, 0) is 16.6 Å². The summed E-state index contributed by atoms with van der Waals surface area (Å²) in [6.45, 7) is 3.23. The minimum Gasteiger partial charge on any atom is -0.486 e. The lowest BCUT2D eigenvalue weighted by molar-refractivity contribution is 0.0766. The molecule has 1 heterocycles. The summed E-state index contributed by atoms with van der Waals surface area (Å²) in [5.41, 5.74) is 2.66. The maximum Gasteiger partial charge on any atom is 0.262 e. The lowest BCUT2D eigenvalue weighted by Gasteiger charge is -2.21. The van der Waals surface area contributed by atoms with Crippen LogP contribution in [0.2, 0.25) is 0 Å². The van der Waals surface area contributed by atoms with Gasteiger partial charge in [0.2, 0.25) is 0 Å². The normalized spacial score (nSPS) is 12.5. The third kappa shape index (κ3) is 5.33. The van der Waals surface area contributed by atoms with Gasteiger partial charge in [-0.2, -0.15) is 0 Å². The summed E-state index contributed by atoms with van der Waals surface area (Å²) < 4.78 is 39.3. The van der Waals surface area contributed by atoms with Gasteiger partial charge < -0.3 is 14.4 Å². The monoisotopic (exact) mass is 476 g/mol. The number of carbonyl (C=O) groups excluding carboxylic acids is 1. The van der Waals surface area contributed by atoms with Crippen LogP contribution < -0.4 is 14.2 Å². The summed E-state index contributed by atoms with van der Waals surface area (Å²) >= 11 is 0. The van der Waals surface area contributed by atoms with Crippen molar-refractivity contribution in [3.05, 3.63) is 83.4 Å². The Balaban J connectivity index is 1.53. The number of amides is 1. The van der Waals surface area contributed by atoms with Gasteiger partial charge in [-0.15, -0.1) is 6.42 Å². The molecule has 3 aromatic carbocycles. The molecule has 34 heavy (non-hydrogen) atoms. The maximum atomic E-state index is 13.2. The highest BCUT2D eigenvalue weighted by molar-refractivity contribution is 7.92. The molecule has 3 aromatic rings. The van der Waals surface area contributed by atoms with E-state index in [9.17, 15) is 13.2 Å². The maximum absolute atomic E-state index is 13.2. The van der Waals surface area contributed by atoms with E-state index >= 15 is 0 Å². The van der Waals surface area contributed by atoms with Crippen molar-refractivity contribution in [1.29, 1.82) is 0 Å². The molecular weight excluding hydrogens is 452 g/mol. The number of anilines is 1. The molecule has 7 nitrogen and oxygen atoms in total. The molecule has 8 heteroatoms. The van der Waals surface area contributed by atoms with Crippen molar-refractivity contribution in [1.82, 2.24) is 4.90 Å². The molecule has 1 aliphatic rings. The molecule has 0 spiro atoms. The molecule has 1 amide bonds. The van der Waals surface area contributed by atoms with Gasteiger partial charge in [-0.3, -0.25) is 9.52 Å². The molecule has 0 bridgehead atoms. The van der Waals surface area contributed by atoms with Gasteiger partial charge in [0.05, 0.1) is 11.4 Å². The van der Waals surface area contributed by atoms with Crippen molar-refractivity contribution in [3.8, 4) is 23.8 Å². The molecule has 0 saturated heterocycles. The number of nitrogens with zero attached hydrogens (tertiary/aromatic N) is 1. The Kier molecular flexibility index (Phi) is 6.75. The molecule has 1 N–H and O–H groups in total. The van der Waals surface area contributed by atoms with E-state index in [0.717, 1.165) is 11.1 Å². The van der Waals surface area contributed by atoms with Gasteiger partial charge in [0.15, 0.2) is 11.5 Å². The SMILES string of the molecule is C#CCN(Cc1ccc(C)cc1)C(=O)c1cccc(NS(=O)(=O)c2ccc3c(c2)OCCO3)c1. The summed E-state index contributed by atoms with van der Waals surface area (Å²) in [5.74, 6) is 3.10. The summed E-state index contributed by atoms with van der Waals surface area (Å²) in [6, 6.07) is 18.6. The second-order valence-electron chi connectivity index (χ2n) is 7.84. The zero-order chi connectivity index (χ0) is 24.1. The van der Waals surface area contributed by atoms with E-state index in [1.807, 2.05) is 31.2 Å². The summed E-state index contributed by atoms with van der Waals surface area (Å²) in [4.78, 5) is 14.7. The van der Waals surface area contributed by atoms with E-state index in [0.29, 0.717) is 36.8 Å². The third-order valence-electron chi connectivity index (χ3n) is 5.25. The number of benzene rings is 3. The van der Waals surface area contributed by atoms with E-state index in [2.05, 4.69) is 10.6 Å². The lowest BCUT2D eigenvalue weighted by atomic mass is 10.1. The first-order valence-electron chi connectivity index (χ1n) is 10.7. The Hall–Kier alpha value is -3.96. The van der Waals surface area contributed by atoms with Crippen LogP contribution in [0.15, 0.2) is 71.6 Å². The van der Waals surface area contributed by atoms with E-state index in [4.69, 9.17) is 15.9 Å². The minimum absolute atomic E-state index is 0.0295. The number of sulfonamides is 1. The number of fused-ring (bicyclic) bond motifs is 1. The van der Waals surface area contributed by atoms with Crippen LogP contribution in [0.25, 0.3) is 0 Å². The van der Waals surface area contributed by atoms with Gasteiger partial charge in [-0.05, 0) is 42.8 Å². The van der Waals surface area contributed by atoms with Crippen LogP contribution in [0.1, 0.15) is 21.5 Å². The topological polar surface area (TPSA) is 84.9 Å². The van der Waals surface area contributed by atoms with Crippen molar-refractivity contribution in [2.45, 2.75) is 18.4 Å². The molecule has 0 fully saturated rings. The number of rotatable bonds is 7. The molecule has 0 aromatic heterocycles. The van der Waals surface area contributed by atoms with Crippen LogP contribution >= 0.6 is 0 Å². The van der Waals surface area contributed by atoms with Gasteiger partial charge in [0.25, 0.3) is 15.9 Å². The molecule has 1 aliphatic heterocycles. The van der Waals surface area contributed by atoms with Crippen LogP contribution in [0.3, 0.4) is 0 Å². The molecule has 0 unspecified atom stereocenters. The second kappa shape index (κ2) is 9.89. The molecule has 0 radical (unpaired) electrons. The van der Waals surface area contributed by atoms with Crippen molar-refractivity contribution in [2.24, 2.45) is 0 Å². The Labute approximate surface area is 199 Å². The molecule has 4 rings (SSSR count). The highest BCUT2D eigenvalue weighted by Gasteiger charge is 2.21. The van der Waals surface area contributed by atoms with Crippen LogP contribution in [-0.4, -0.2) is 39.0 Å². The van der Waals surface area contributed by atoms with Crippen LogP contribution in [0.4, 0.5) is 5.69 Å². The molecule has 174 valence electrons. The van der Waals surface area contributed by atoms with E-state index in [-0.39, 0.29) is 23.0 Å². The fourth-order valence-corrected chi connectivity index (χ4v) is 4.59. The summed E-state index contributed by atoms with van der Waals surface area (Å²) in [7, 11) is -3.92. The van der Waals surface area contributed by atoms with Crippen molar-refractivity contribution in [2.75, 3.05) is 24.5 Å². The largest absolute Gasteiger partial charge is 0.486 e. The first kappa shape index (κ1) is 23.2. The molecule has 0 atom stereocenters. The fraction of sp³-hybridized carbons (Fsp3) is 0.192. The van der Waals surface area contributed by atoms with Gasteiger partial charge in [-0.1, -0.05) is 41.8 Å². The van der Waals surface area contributed by atoms with Gasteiger partial charge in [0, 0.05) is 23.9 Å². The zero-order valence-corrected chi connectivity index (χ0v) is 19.5. The first-order chi connectivity index (χ1) is 16.4. The van der Waals surface area contributed by atoms with Crippen molar-refractivity contribution < 1.29 is 22.7 Å². The quantitative estimate of drug-likeness (QED) is 0.524. The standard InChI is InChI=1S/C26H24N2O5S/c1-3-13-28(18-20-9-7-19(2)8-10-20)26(29)21-5-4-6-22(16-21)27-34(30,31)23-11-12-24-25(17-23)33-15-14-32-24/h1,4-12,16-17,27H,13-15,18H2,2H3. The highest BCUT2D eigenvalue weighted by Crippen LogP contribution is 2.32. The van der Waals surface area contributed by atoms with Crippen LogP contribution in [0.5, 0.6) is 11.5 Å². The van der Waals surface area contributed by atoms with E-state index in [1.54, 1.807) is 29.2 Å². The first-order valence-corrected chi connectivity index (χ1v) is 12.1. The Bertz CT molecular complexity index is 1340. The van der Waals surface area contributed by atoms with Crippen molar-refractivity contribution >= 4 is 21.6 Å². The molecular formula is C26H24N2O5S. The number of hydrogen-bond donors (Lipinski definition) is 1. The molecule has 0 aliphatic carbocycles. The number of nitrogens with one attached hydrogen (secondary N) is 1.